The Labute approximate surface area is 187 Å². The van der Waals surface area contributed by atoms with Gasteiger partial charge >= 0.3 is 5.97 Å². The lowest BCUT2D eigenvalue weighted by molar-refractivity contribution is 0.0726. The molecule has 0 aliphatic heterocycles. The summed E-state index contributed by atoms with van der Waals surface area (Å²) in [6, 6.07) is 9.55. The third-order valence-corrected chi connectivity index (χ3v) is 5.98. The Morgan fingerprint density at radius 1 is 0.969 bits per heavy atom. The van der Waals surface area contributed by atoms with Gasteiger partial charge in [0.05, 0.1) is 12.2 Å². The predicted octanol–water partition coefficient (Wildman–Crippen LogP) is 7.16. The number of halogens is 3. The molecule has 1 aliphatic carbocycles. The van der Waals surface area contributed by atoms with E-state index in [1.54, 1.807) is 25.1 Å². The Bertz CT molecular complexity index is 917. The van der Waals surface area contributed by atoms with E-state index >= 15 is 0 Å². The number of hydrogen-bond donors (Lipinski definition) is 0. The van der Waals surface area contributed by atoms with Crippen molar-refractivity contribution in [2.45, 2.75) is 51.4 Å². The monoisotopic (exact) mass is 446 g/mol. The van der Waals surface area contributed by atoms with Crippen LogP contribution in [0.4, 0.5) is 13.2 Å². The molecule has 2 aromatic rings. The topological polar surface area (TPSA) is 35.5 Å². The first-order valence-corrected chi connectivity index (χ1v) is 11.2. The van der Waals surface area contributed by atoms with Gasteiger partial charge in [0.25, 0.3) is 0 Å². The molecule has 0 heterocycles. The van der Waals surface area contributed by atoms with Crippen molar-refractivity contribution in [1.29, 1.82) is 0 Å². The van der Waals surface area contributed by atoms with Crippen molar-refractivity contribution < 1.29 is 27.4 Å². The van der Waals surface area contributed by atoms with Gasteiger partial charge < -0.3 is 9.47 Å². The molecule has 172 valence electrons. The number of esters is 1. The van der Waals surface area contributed by atoms with Crippen LogP contribution in [0.1, 0.15) is 67.3 Å². The molecule has 1 saturated carbocycles. The molecule has 6 heteroatoms. The second-order valence-electron chi connectivity index (χ2n) is 8.06. The summed E-state index contributed by atoms with van der Waals surface area (Å²) in [6.07, 6.45) is 9.94. The zero-order valence-electron chi connectivity index (χ0n) is 18.3. The van der Waals surface area contributed by atoms with Crippen LogP contribution in [-0.2, 0) is 0 Å². The fourth-order valence-electron chi connectivity index (χ4n) is 4.21. The minimum absolute atomic E-state index is 0.196. The average molecular weight is 447 g/mol. The van der Waals surface area contributed by atoms with E-state index in [0.717, 1.165) is 44.1 Å². The number of carbonyl (C=O) groups excluding carboxylic acids is 1. The normalized spacial score (nSPS) is 18.6. The van der Waals surface area contributed by atoms with E-state index in [-0.39, 0.29) is 17.9 Å². The summed E-state index contributed by atoms with van der Waals surface area (Å²) in [5.41, 5.74) is 1.44. The Morgan fingerprint density at radius 3 is 2.28 bits per heavy atom. The Hall–Kier alpha value is -2.76. The molecule has 0 radical (unpaired) electrons. The number of carbonyl (C=O) groups is 1. The van der Waals surface area contributed by atoms with Gasteiger partial charge in [0.2, 0.25) is 11.6 Å². The number of benzene rings is 2. The highest BCUT2D eigenvalue weighted by Crippen LogP contribution is 2.37. The maximum Gasteiger partial charge on any atom is 0.343 e. The van der Waals surface area contributed by atoms with Gasteiger partial charge in [0.15, 0.2) is 11.5 Å². The third-order valence-electron chi connectivity index (χ3n) is 5.98. The maximum absolute atomic E-state index is 14.2. The largest absolute Gasteiger partial charge is 0.491 e. The molecular formula is C26H29F3O3. The van der Waals surface area contributed by atoms with Crippen molar-refractivity contribution in [3.05, 3.63) is 71.3 Å². The minimum atomic E-state index is -1.25. The van der Waals surface area contributed by atoms with E-state index in [2.05, 4.69) is 0 Å². The first kappa shape index (κ1) is 23.9. The summed E-state index contributed by atoms with van der Waals surface area (Å²) in [5, 5.41) is 0. The number of alkyl halides is 1. The van der Waals surface area contributed by atoms with Gasteiger partial charge in [-0.1, -0.05) is 24.3 Å². The molecular weight excluding hydrogens is 417 g/mol. The molecule has 32 heavy (non-hydrogen) atoms. The minimum Gasteiger partial charge on any atom is -0.491 e. The van der Waals surface area contributed by atoms with Crippen molar-refractivity contribution in [2.75, 3.05) is 13.3 Å². The quantitative estimate of drug-likeness (QED) is 0.233. The summed E-state index contributed by atoms with van der Waals surface area (Å²) in [6.45, 7) is 1.46. The van der Waals surface area contributed by atoms with E-state index < -0.39 is 30.0 Å². The number of rotatable bonds is 9. The van der Waals surface area contributed by atoms with E-state index in [1.807, 2.05) is 18.2 Å². The van der Waals surface area contributed by atoms with Crippen LogP contribution in [0, 0.1) is 17.6 Å². The van der Waals surface area contributed by atoms with Crippen molar-refractivity contribution in [3.63, 3.8) is 0 Å². The highest BCUT2D eigenvalue weighted by atomic mass is 19.2. The lowest BCUT2D eigenvalue weighted by Gasteiger charge is -2.28. The summed E-state index contributed by atoms with van der Waals surface area (Å²) in [7, 11) is 0. The molecule has 0 amide bonds. The van der Waals surface area contributed by atoms with Gasteiger partial charge in [-0.25, -0.2) is 9.18 Å². The molecule has 3 nitrogen and oxygen atoms in total. The first-order chi connectivity index (χ1) is 15.5. The van der Waals surface area contributed by atoms with Crippen molar-refractivity contribution >= 4 is 5.97 Å². The molecule has 0 bridgehead atoms. The zero-order valence-corrected chi connectivity index (χ0v) is 18.3. The second-order valence-corrected chi connectivity index (χ2v) is 8.06. The van der Waals surface area contributed by atoms with Crippen molar-refractivity contribution in [2.24, 2.45) is 5.92 Å². The second kappa shape index (κ2) is 11.7. The van der Waals surface area contributed by atoms with Crippen LogP contribution in [0.5, 0.6) is 11.5 Å². The fraction of sp³-hybridized carbons (Fsp3) is 0.423. The van der Waals surface area contributed by atoms with Crippen LogP contribution >= 0.6 is 0 Å². The highest BCUT2D eigenvalue weighted by molar-refractivity contribution is 5.91. The van der Waals surface area contributed by atoms with Crippen LogP contribution < -0.4 is 9.47 Å². The summed E-state index contributed by atoms with van der Waals surface area (Å²) in [4.78, 5) is 12.4. The van der Waals surface area contributed by atoms with Crippen LogP contribution in [0.25, 0.3) is 0 Å². The van der Waals surface area contributed by atoms with Gasteiger partial charge in [-0.2, -0.15) is 8.78 Å². The summed E-state index contributed by atoms with van der Waals surface area (Å²) in [5.74, 6) is -2.76. The molecule has 0 unspecified atom stereocenters. The molecule has 0 atom stereocenters. The summed E-state index contributed by atoms with van der Waals surface area (Å²) < 4.78 is 50.3. The van der Waals surface area contributed by atoms with E-state index in [4.69, 9.17) is 9.47 Å². The maximum atomic E-state index is 14.2. The van der Waals surface area contributed by atoms with Gasteiger partial charge in [-0.3, -0.25) is 0 Å². The van der Waals surface area contributed by atoms with Gasteiger partial charge in [0.1, 0.15) is 6.67 Å². The Balaban J connectivity index is 1.55. The number of allylic oxidation sites excluding steroid dienone is 2. The van der Waals surface area contributed by atoms with Gasteiger partial charge in [-0.05, 0) is 87.1 Å². The predicted molar refractivity (Wildman–Crippen MR) is 118 cm³/mol. The Kier molecular flexibility index (Phi) is 8.77. The van der Waals surface area contributed by atoms with Gasteiger partial charge in [-0.15, -0.1) is 0 Å². The first-order valence-electron chi connectivity index (χ1n) is 11.2. The molecule has 0 saturated heterocycles. The van der Waals surface area contributed by atoms with Crippen molar-refractivity contribution in [3.8, 4) is 11.5 Å². The lowest BCUT2D eigenvalue weighted by atomic mass is 9.77. The van der Waals surface area contributed by atoms with Crippen LogP contribution in [-0.4, -0.2) is 19.3 Å². The van der Waals surface area contributed by atoms with Crippen molar-refractivity contribution in [1.82, 2.24) is 0 Å². The smallest absolute Gasteiger partial charge is 0.343 e. The van der Waals surface area contributed by atoms with E-state index in [1.165, 1.54) is 12.1 Å². The standard InChI is InChI=1S/C26H29F3O3/c1-2-31-22-15-16-23(25(29)24(22)28)32-26(30)21-13-11-20(12-14-21)19-9-7-18(8-10-19)6-4-3-5-17-27/h3,5,11-16,18-19H,2,4,6-10,17H2,1H3. The number of ether oxygens (including phenoxy) is 2. The lowest BCUT2D eigenvalue weighted by Crippen LogP contribution is -2.14. The molecule has 1 aliphatic rings. The molecule has 1 fully saturated rings. The number of hydrogen-bond acceptors (Lipinski definition) is 3. The molecule has 3 rings (SSSR count). The highest BCUT2D eigenvalue weighted by Gasteiger charge is 2.23. The van der Waals surface area contributed by atoms with Crippen LogP contribution in [0.2, 0.25) is 0 Å². The average Bonchev–Trinajstić information content (AvgIpc) is 2.82. The van der Waals surface area contributed by atoms with E-state index in [0.29, 0.717) is 11.8 Å². The third kappa shape index (κ3) is 6.15. The SMILES string of the molecule is CCOc1ccc(OC(=O)c2ccc(C3CCC(CCC=CCF)CC3)cc2)c(F)c1F. The zero-order chi connectivity index (χ0) is 22.9. The summed E-state index contributed by atoms with van der Waals surface area (Å²) >= 11 is 0. The van der Waals surface area contributed by atoms with E-state index in [9.17, 15) is 18.0 Å². The molecule has 0 aromatic heterocycles. The van der Waals surface area contributed by atoms with Gasteiger partial charge in [0, 0.05) is 0 Å². The molecule has 2 aromatic carbocycles. The fourth-order valence-corrected chi connectivity index (χ4v) is 4.21. The van der Waals surface area contributed by atoms with Crippen LogP contribution in [0.3, 0.4) is 0 Å². The Morgan fingerprint density at radius 2 is 1.62 bits per heavy atom. The molecule has 0 spiro atoms. The van der Waals surface area contributed by atoms with Crippen LogP contribution in [0.15, 0.2) is 48.6 Å². The molecule has 0 N–H and O–H groups in total.